The molecule has 5 nitrogen and oxygen atoms in total. The Morgan fingerprint density at radius 3 is 2.62 bits per heavy atom. The lowest BCUT2D eigenvalue weighted by Gasteiger charge is -2.08. The highest BCUT2D eigenvalue weighted by Gasteiger charge is 2.09. The summed E-state index contributed by atoms with van der Waals surface area (Å²) < 4.78 is 10.8. The molecule has 0 aliphatic rings. The number of anilines is 1. The number of nitrogens with one attached hydrogen (secondary N) is 1. The molecule has 0 saturated carbocycles. The van der Waals surface area contributed by atoms with E-state index in [1.165, 1.54) is 6.26 Å². The number of hydrogen-bond donors (Lipinski definition) is 1. The molecule has 0 spiro atoms. The third-order valence-electron chi connectivity index (χ3n) is 3.29. The van der Waals surface area contributed by atoms with E-state index < -0.39 is 0 Å². The van der Waals surface area contributed by atoms with Gasteiger partial charge in [0.2, 0.25) is 0 Å². The highest BCUT2D eigenvalue weighted by atomic mass is 35.5. The molecule has 0 radical (unpaired) electrons. The molecule has 3 aromatic rings. The van der Waals surface area contributed by atoms with Gasteiger partial charge >= 0.3 is 6.01 Å². The quantitative estimate of drug-likeness (QED) is 0.743. The van der Waals surface area contributed by atoms with E-state index in [-0.39, 0.29) is 11.9 Å². The predicted molar refractivity (Wildman–Crippen MR) is 91.4 cm³/mol. The molecular formula is C18H15ClN2O3. The number of carbonyl (C=O) groups is 1. The van der Waals surface area contributed by atoms with E-state index in [4.69, 9.17) is 20.8 Å². The Balaban J connectivity index is 1.60. The lowest BCUT2D eigenvalue weighted by Crippen LogP contribution is -2.12. The Bertz CT molecular complexity index is 843. The van der Waals surface area contributed by atoms with Gasteiger partial charge in [0.1, 0.15) is 18.6 Å². The smallest absolute Gasteiger partial charge is 0.301 e. The van der Waals surface area contributed by atoms with Gasteiger partial charge in [0, 0.05) is 5.56 Å². The van der Waals surface area contributed by atoms with Crippen LogP contribution in [0, 0.1) is 6.92 Å². The van der Waals surface area contributed by atoms with Gasteiger partial charge in [0.05, 0.1) is 10.7 Å². The van der Waals surface area contributed by atoms with Crippen LogP contribution in [0.2, 0.25) is 5.02 Å². The van der Waals surface area contributed by atoms with Crippen LogP contribution in [-0.2, 0) is 6.61 Å². The van der Waals surface area contributed by atoms with Crippen LogP contribution in [0.25, 0.3) is 0 Å². The number of benzene rings is 2. The van der Waals surface area contributed by atoms with Gasteiger partial charge in [-0.1, -0.05) is 35.9 Å². The molecule has 2 aromatic carbocycles. The summed E-state index contributed by atoms with van der Waals surface area (Å²) in [4.78, 5) is 16.1. The summed E-state index contributed by atoms with van der Waals surface area (Å²) in [6.07, 6.45) is 1.48. The Morgan fingerprint density at radius 2 is 1.96 bits per heavy atom. The van der Waals surface area contributed by atoms with Crippen molar-refractivity contribution in [1.82, 2.24) is 4.98 Å². The van der Waals surface area contributed by atoms with Crippen LogP contribution in [0.4, 0.5) is 6.01 Å². The first-order chi connectivity index (χ1) is 11.6. The minimum Gasteiger partial charge on any atom is -0.487 e. The molecule has 24 heavy (non-hydrogen) atoms. The van der Waals surface area contributed by atoms with Gasteiger partial charge in [0.15, 0.2) is 0 Å². The van der Waals surface area contributed by atoms with Gasteiger partial charge < -0.3 is 9.15 Å². The van der Waals surface area contributed by atoms with E-state index in [2.05, 4.69) is 10.3 Å². The average Bonchev–Trinajstić information content (AvgIpc) is 2.99. The molecule has 1 N–H and O–H groups in total. The molecule has 0 aliphatic heterocycles. The van der Waals surface area contributed by atoms with Crippen molar-refractivity contribution in [1.29, 1.82) is 0 Å². The molecule has 0 bridgehead atoms. The predicted octanol–water partition coefficient (Wildman–Crippen LogP) is 4.47. The number of para-hydroxylation sites is 1. The minimum absolute atomic E-state index is 0.184. The van der Waals surface area contributed by atoms with Crippen LogP contribution in [0.15, 0.2) is 59.2 Å². The number of amides is 1. The average molecular weight is 343 g/mol. The lowest BCUT2D eigenvalue weighted by atomic mass is 10.1. The highest BCUT2D eigenvalue weighted by molar-refractivity contribution is 6.32. The molecule has 6 heteroatoms. The fourth-order valence-electron chi connectivity index (χ4n) is 2.06. The van der Waals surface area contributed by atoms with Gasteiger partial charge in [-0.15, -0.1) is 0 Å². The first-order valence-corrected chi connectivity index (χ1v) is 7.69. The van der Waals surface area contributed by atoms with Crippen LogP contribution in [-0.4, -0.2) is 10.9 Å². The minimum atomic E-state index is -0.282. The Morgan fingerprint density at radius 1 is 1.21 bits per heavy atom. The van der Waals surface area contributed by atoms with Gasteiger partial charge in [-0.25, -0.2) is 0 Å². The molecule has 0 aliphatic carbocycles. The number of nitrogens with zero attached hydrogens (tertiary/aromatic N) is 1. The number of hydrogen-bond acceptors (Lipinski definition) is 4. The molecule has 0 unspecified atom stereocenters. The summed E-state index contributed by atoms with van der Waals surface area (Å²) in [7, 11) is 0. The summed E-state index contributed by atoms with van der Waals surface area (Å²) in [5.74, 6) is 0.343. The van der Waals surface area contributed by atoms with E-state index in [9.17, 15) is 4.79 Å². The molecule has 122 valence electrons. The summed E-state index contributed by atoms with van der Waals surface area (Å²) in [5.41, 5.74) is 2.14. The van der Waals surface area contributed by atoms with Crippen molar-refractivity contribution in [3.8, 4) is 5.75 Å². The van der Waals surface area contributed by atoms with E-state index in [1.54, 1.807) is 25.1 Å². The zero-order valence-corrected chi connectivity index (χ0v) is 13.7. The summed E-state index contributed by atoms with van der Waals surface area (Å²) in [6.45, 7) is 2.15. The zero-order valence-electron chi connectivity index (χ0n) is 13.0. The second-order valence-electron chi connectivity index (χ2n) is 5.16. The van der Waals surface area contributed by atoms with Crippen LogP contribution < -0.4 is 10.1 Å². The third kappa shape index (κ3) is 3.94. The summed E-state index contributed by atoms with van der Waals surface area (Å²) >= 11 is 6.04. The fraction of sp³-hybridized carbons (Fsp3) is 0.111. The van der Waals surface area contributed by atoms with Crippen molar-refractivity contribution >= 4 is 23.5 Å². The molecular weight excluding hydrogens is 328 g/mol. The molecule has 0 fully saturated rings. The maximum absolute atomic E-state index is 12.1. The SMILES string of the molecule is Cc1coc(NC(=O)c2ccc(COc3ccccc3Cl)cc2)n1. The Hall–Kier alpha value is -2.79. The van der Waals surface area contributed by atoms with E-state index in [0.29, 0.717) is 28.6 Å². The van der Waals surface area contributed by atoms with Crippen LogP contribution in [0.3, 0.4) is 0 Å². The van der Waals surface area contributed by atoms with E-state index in [1.807, 2.05) is 30.3 Å². The van der Waals surface area contributed by atoms with Crippen molar-refractivity contribution in [2.24, 2.45) is 0 Å². The number of aryl methyl sites for hydroxylation is 1. The first kappa shape index (κ1) is 16.1. The molecule has 0 saturated heterocycles. The molecule has 1 amide bonds. The maximum Gasteiger partial charge on any atom is 0.301 e. The van der Waals surface area contributed by atoms with Gasteiger partial charge in [0.25, 0.3) is 5.91 Å². The lowest BCUT2D eigenvalue weighted by molar-refractivity contribution is 0.102. The number of oxazole rings is 1. The summed E-state index contributed by atoms with van der Waals surface area (Å²) in [5, 5.41) is 3.16. The van der Waals surface area contributed by atoms with Gasteiger partial charge in [-0.2, -0.15) is 4.98 Å². The number of carbonyl (C=O) groups excluding carboxylic acids is 1. The zero-order chi connectivity index (χ0) is 16.9. The Kier molecular flexibility index (Phi) is 4.82. The maximum atomic E-state index is 12.1. The first-order valence-electron chi connectivity index (χ1n) is 7.31. The number of aromatic nitrogens is 1. The molecule has 1 aromatic heterocycles. The second-order valence-corrected chi connectivity index (χ2v) is 5.57. The van der Waals surface area contributed by atoms with Gasteiger partial charge in [-0.05, 0) is 36.8 Å². The standard InChI is InChI=1S/C18H15ClN2O3/c1-12-10-24-18(20-12)21-17(22)14-8-6-13(7-9-14)11-23-16-5-3-2-4-15(16)19/h2-10H,11H2,1H3,(H,20,21,22). The van der Waals surface area contributed by atoms with Crippen LogP contribution in [0.5, 0.6) is 5.75 Å². The van der Waals surface area contributed by atoms with Crippen molar-refractivity contribution in [2.75, 3.05) is 5.32 Å². The Labute approximate surface area is 144 Å². The number of ether oxygens (including phenoxy) is 1. The number of halogens is 1. The van der Waals surface area contributed by atoms with Crippen molar-refractivity contribution in [3.63, 3.8) is 0 Å². The van der Waals surface area contributed by atoms with Crippen LogP contribution >= 0.6 is 11.6 Å². The number of rotatable bonds is 5. The highest BCUT2D eigenvalue weighted by Crippen LogP contribution is 2.24. The molecule has 0 atom stereocenters. The molecule has 1 heterocycles. The summed E-state index contributed by atoms with van der Waals surface area (Å²) in [6, 6.07) is 14.6. The van der Waals surface area contributed by atoms with Crippen molar-refractivity contribution in [3.05, 3.63) is 76.6 Å². The topological polar surface area (TPSA) is 64.4 Å². The van der Waals surface area contributed by atoms with E-state index >= 15 is 0 Å². The van der Waals surface area contributed by atoms with E-state index in [0.717, 1.165) is 5.56 Å². The van der Waals surface area contributed by atoms with Crippen molar-refractivity contribution < 1.29 is 13.9 Å². The monoisotopic (exact) mass is 342 g/mol. The van der Waals surface area contributed by atoms with Crippen molar-refractivity contribution in [2.45, 2.75) is 13.5 Å². The largest absolute Gasteiger partial charge is 0.487 e. The third-order valence-corrected chi connectivity index (χ3v) is 3.60. The van der Waals surface area contributed by atoms with Crippen LogP contribution in [0.1, 0.15) is 21.6 Å². The normalized spacial score (nSPS) is 10.4. The van der Waals surface area contributed by atoms with Gasteiger partial charge in [-0.3, -0.25) is 10.1 Å². The second kappa shape index (κ2) is 7.19. The molecule has 3 rings (SSSR count). The fourth-order valence-corrected chi connectivity index (χ4v) is 2.25.